The molecule has 0 bridgehead atoms. The molecule has 9 heavy (non-hydrogen) atoms. The van der Waals surface area contributed by atoms with E-state index < -0.39 is 0 Å². The normalized spacial score (nSPS) is 12.1. The van der Waals surface area contributed by atoms with Gasteiger partial charge in [0.15, 0.2) is 0 Å². The van der Waals surface area contributed by atoms with E-state index in [4.69, 9.17) is 0 Å². The zero-order chi connectivity index (χ0) is 6.95. The first-order valence-corrected chi connectivity index (χ1v) is 2.81. The first-order valence-electron chi connectivity index (χ1n) is 2.81. The summed E-state index contributed by atoms with van der Waals surface area (Å²) in [6.45, 7) is 1.94. The minimum Gasteiger partial charge on any atom is -0.299 e. The van der Waals surface area contributed by atoms with Crippen molar-refractivity contribution in [3.63, 3.8) is 0 Å². The number of carbonyl (C=O) groups excluding carboxylic acids is 1. The molecule has 0 aromatic rings. The molecule has 0 aliphatic heterocycles. The molecule has 0 rings (SSSR count). The van der Waals surface area contributed by atoms with Crippen molar-refractivity contribution in [3.05, 3.63) is 36.5 Å². The molecule has 0 radical (unpaired) electrons. The topological polar surface area (TPSA) is 17.1 Å². The number of aldehydes is 1. The van der Waals surface area contributed by atoms with E-state index in [0.717, 1.165) is 6.29 Å². The van der Waals surface area contributed by atoms with Crippen LogP contribution in [0, 0.1) is 0 Å². The highest BCUT2D eigenvalue weighted by Crippen LogP contribution is 1.77. The lowest BCUT2D eigenvalue weighted by molar-refractivity contribution is -0.104. The molecule has 48 valence electrons. The van der Waals surface area contributed by atoms with Gasteiger partial charge in [0.05, 0.1) is 0 Å². The summed E-state index contributed by atoms with van der Waals surface area (Å²) in [5.74, 6) is 0. The Hall–Kier alpha value is -1.11. The quantitative estimate of drug-likeness (QED) is 0.317. The molecule has 0 aliphatic carbocycles. The van der Waals surface area contributed by atoms with E-state index in [-0.39, 0.29) is 0 Å². The van der Waals surface area contributed by atoms with Gasteiger partial charge in [-0.15, -0.1) is 0 Å². The molecule has 0 aromatic carbocycles. The van der Waals surface area contributed by atoms with Crippen LogP contribution >= 0.6 is 0 Å². The fraction of sp³-hybridized carbons (Fsp3) is 0.125. The molecule has 0 unspecified atom stereocenters. The third-order valence-electron chi connectivity index (χ3n) is 0.715. The highest BCUT2D eigenvalue weighted by Gasteiger charge is 1.59. The SMILES string of the molecule is C/C=C/C=C/C=C/C=O. The fourth-order valence-electron chi connectivity index (χ4n) is 0.349. The van der Waals surface area contributed by atoms with Crippen LogP contribution < -0.4 is 0 Å². The zero-order valence-corrected chi connectivity index (χ0v) is 5.45. The summed E-state index contributed by atoms with van der Waals surface area (Å²) in [6.07, 6.45) is 11.4. The van der Waals surface area contributed by atoms with Crippen molar-refractivity contribution in [1.29, 1.82) is 0 Å². The lowest BCUT2D eigenvalue weighted by Crippen LogP contribution is -1.55. The van der Waals surface area contributed by atoms with Crippen LogP contribution in [0.5, 0.6) is 0 Å². The second kappa shape index (κ2) is 6.89. The Morgan fingerprint density at radius 1 is 0.889 bits per heavy atom. The zero-order valence-electron chi connectivity index (χ0n) is 5.45. The third kappa shape index (κ3) is 6.89. The second-order valence-corrected chi connectivity index (χ2v) is 1.43. The molecular formula is C8H10O. The molecule has 0 heterocycles. The molecule has 0 saturated heterocycles. The van der Waals surface area contributed by atoms with Crippen LogP contribution in [0.2, 0.25) is 0 Å². The highest BCUT2D eigenvalue weighted by atomic mass is 16.1. The van der Waals surface area contributed by atoms with Gasteiger partial charge in [-0.2, -0.15) is 0 Å². The van der Waals surface area contributed by atoms with Gasteiger partial charge in [-0.05, 0) is 13.0 Å². The standard InChI is InChI=1S/C8H10O/c1-2-3-4-5-6-7-8-9/h2-8H,1H3/b3-2+,5-4+,7-6+. The van der Waals surface area contributed by atoms with E-state index in [9.17, 15) is 4.79 Å². The largest absolute Gasteiger partial charge is 0.299 e. The van der Waals surface area contributed by atoms with Crippen molar-refractivity contribution in [1.82, 2.24) is 0 Å². The molecule has 1 heteroatoms. The Morgan fingerprint density at radius 3 is 2.00 bits per heavy atom. The van der Waals surface area contributed by atoms with Crippen molar-refractivity contribution in [2.75, 3.05) is 0 Å². The summed E-state index contributed by atoms with van der Waals surface area (Å²) in [5.41, 5.74) is 0. The molecule has 0 aliphatic rings. The van der Waals surface area contributed by atoms with E-state index in [1.165, 1.54) is 6.08 Å². The van der Waals surface area contributed by atoms with Crippen molar-refractivity contribution in [2.45, 2.75) is 6.92 Å². The molecular weight excluding hydrogens is 112 g/mol. The smallest absolute Gasteiger partial charge is 0.142 e. The lowest BCUT2D eigenvalue weighted by Gasteiger charge is -1.68. The minimum atomic E-state index is 0.750. The van der Waals surface area contributed by atoms with E-state index in [1.54, 1.807) is 12.2 Å². The molecule has 1 nitrogen and oxygen atoms in total. The monoisotopic (exact) mass is 122 g/mol. The Labute approximate surface area is 55.4 Å². The number of hydrogen-bond donors (Lipinski definition) is 0. The van der Waals surface area contributed by atoms with Crippen molar-refractivity contribution in [3.8, 4) is 0 Å². The maximum atomic E-state index is 9.70. The predicted octanol–water partition coefficient (Wildman–Crippen LogP) is 1.87. The van der Waals surface area contributed by atoms with E-state index in [1.807, 2.05) is 25.2 Å². The first-order chi connectivity index (χ1) is 4.41. The lowest BCUT2D eigenvalue weighted by atomic mass is 10.4. The summed E-state index contributed by atoms with van der Waals surface area (Å²) >= 11 is 0. The molecule has 0 N–H and O–H groups in total. The van der Waals surface area contributed by atoms with Crippen LogP contribution in [-0.4, -0.2) is 6.29 Å². The number of allylic oxidation sites excluding steroid dienone is 6. The Balaban J connectivity index is 3.46. The van der Waals surface area contributed by atoms with Gasteiger partial charge < -0.3 is 0 Å². The van der Waals surface area contributed by atoms with Gasteiger partial charge in [-0.1, -0.05) is 30.4 Å². The second-order valence-electron chi connectivity index (χ2n) is 1.43. The maximum Gasteiger partial charge on any atom is 0.142 e. The summed E-state index contributed by atoms with van der Waals surface area (Å²) in [5, 5.41) is 0. The average molecular weight is 122 g/mol. The van der Waals surface area contributed by atoms with Crippen LogP contribution in [0.15, 0.2) is 36.5 Å². The first kappa shape index (κ1) is 7.89. The minimum absolute atomic E-state index is 0.750. The van der Waals surface area contributed by atoms with Gasteiger partial charge in [-0.25, -0.2) is 0 Å². The van der Waals surface area contributed by atoms with Crippen molar-refractivity contribution in [2.24, 2.45) is 0 Å². The van der Waals surface area contributed by atoms with Gasteiger partial charge in [0.2, 0.25) is 0 Å². The van der Waals surface area contributed by atoms with Crippen LogP contribution in [0.4, 0.5) is 0 Å². The average Bonchev–Trinajstić information content (AvgIpc) is 1.89. The summed E-state index contributed by atoms with van der Waals surface area (Å²) in [7, 11) is 0. The molecule has 0 spiro atoms. The highest BCUT2D eigenvalue weighted by molar-refractivity contribution is 5.65. The van der Waals surface area contributed by atoms with Gasteiger partial charge in [0, 0.05) is 0 Å². The summed E-state index contributed by atoms with van der Waals surface area (Å²) in [6, 6.07) is 0. The van der Waals surface area contributed by atoms with Gasteiger partial charge in [0.1, 0.15) is 6.29 Å². The Morgan fingerprint density at radius 2 is 1.44 bits per heavy atom. The summed E-state index contributed by atoms with van der Waals surface area (Å²) < 4.78 is 0. The van der Waals surface area contributed by atoms with Gasteiger partial charge in [-0.3, -0.25) is 4.79 Å². The Bertz CT molecular complexity index is 141. The number of rotatable bonds is 3. The molecule has 0 saturated carbocycles. The van der Waals surface area contributed by atoms with Crippen LogP contribution in [0.1, 0.15) is 6.92 Å². The number of hydrogen-bond acceptors (Lipinski definition) is 1. The summed E-state index contributed by atoms with van der Waals surface area (Å²) in [4.78, 5) is 9.70. The Kier molecular flexibility index (Phi) is 6.04. The maximum absolute atomic E-state index is 9.70. The van der Waals surface area contributed by atoms with Gasteiger partial charge in [0.25, 0.3) is 0 Å². The fourth-order valence-corrected chi connectivity index (χ4v) is 0.349. The van der Waals surface area contributed by atoms with Gasteiger partial charge >= 0.3 is 0 Å². The third-order valence-corrected chi connectivity index (χ3v) is 0.715. The molecule has 0 fully saturated rings. The van der Waals surface area contributed by atoms with E-state index in [0.29, 0.717) is 0 Å². The molecule has 0 aromatic heterocycles. The van der Waals surface area contributed by atoms with Crippen LogP contribution in [0.3, 0.4) is 0 Å². The van der Waals surface area contributed by atoms with Crippen molar-refractivity contribution < 1.29 is 4.79 Å². The van der Waals surface area contributed by atoms with E-state index in [2.05, 4.69) is 0 Å². The van der Waals surface area contributed by atoms with E-state index >= 15 is 0 Å². The van der Waals surface area contributed by atoms with Crippen LogP contribution in [0.25, 0.3) is 0 Å². The van der Waals surface area contributed by atoms with Crippen LogP contribution in [-0.2, 0) is 4.79 Å². The number of carbonyl (C=O) groups is 1. The molecule has 0 atom stereocenters. The predicted molar refractivity (Wildman–Crippen MR) is 39.2 cm³/mol. The van der Waals surface area contributed by atoms with Crippen molar-refractivity contribution >= 4 is 6.29 Å². The molecule has 0 amide bonds.